The minimum absolute atomic E-state index is 0. The largest absolute Gasteiger partial charge is 0.412 e. The van der Waals surface area contributed by atoms with E-state index in [0.29, 0.717) is 6.42 Å². The molecule has 224 valence electrons. The Bertz CT molecular complexity index is 960. The molecule has 0 atom stereocenters. The van der Waals surface area contributed by atoms with E-state index < -0.39 is 14.9 Å². The van der Waals surface area contributed by atoms with Crippen molar-refractivity contribution in [2.45, 2.75) is 101 Å². The number of halogens is 1. The molecule has 0 aliphatic heterocycles. The van der Waals surface area contributed by atoms with Crippen LogP contribution in [0.4, 0.5) is 5.69 Å². The van der Waals surface area contributed by atoms with Crippen LogP contribution < -0.4 is 0 Å². The molecule has 1 aromatic carbocycles. The van der Waals surface area contributed by atoms with Crippen LogP contribution in [0, 0.1) is 10.1 Å². The molecule has 0 radical (unpaired) electrons. The van der Waals surface area contributed by atoms with Crippen molar-refractivity contribution < 1.29 is 23.6 Å². The van der Waals surface area contributed by atoms with Gasteiger partial charge in [0.1, 0.15) is 0 Å². The second-order valence-corrected chi connectivity index (χ2v) is 12.3. The summed E-state index contributed by atoms with van der Waals surface area (Å²) in [5.74, 6) is -0.105. The van der Waals surface area contributed by atoms with E-state index in [1.54, 1.807) is 0 Å². The maximum absolute atomic E-state index is 13.9. The molecule has 3 rings (SSSR count). The topological polar surface area (TPSA) is 136 Å². The van der Waals surface area contributed by atoms with E-state index in [4.69, 9.17) is 0 Å². The monoisotopic (exact) mass is 590 g/mol. The fourth-order valence-electron chi connectivity index (χ4n) is 5.84. The van der Waals surface area contributed by atoms with Crippen LogP contribution in [0.25, 0.3) is 0 Å². The lowest BCUT2D eigenvalue weighted by Crippen LogP contribution is -2.52. The molecule has 39 heavy (non-hydrogen) atoms. The summed E-state index contributed by atoms with van der Waals surface area (Å²) in [6, 6.07) is 5.33. The molecule has 0 spiro atoms. The van der Waals surface area contributed by atoms with Crippen LogP contribution in [-0.2, 0) is 14.8 Å². The molecule has 0 bridgehead atoms. The van der Waals surface area contributed by atoms with Crippen molar-refractivity contribution >= 4 is 34.0 Å². The van der Waals surface area contributed by atoms with Gasteiger partial charge in [0.2, 0.25) is 15.9 Å². The van der Waals surface area contributed by atoms with Gasteiger partial charge in [-0.05, 0) is 63.9 Å². The Morgan fingerprint density at radius 1 is 0.897 bits per heavy atom. The lowest BCUT2D eigenvalue weighted by atomic mass is 9.88. The Labute approximate surface area is 240 Å². The minimum Gasteiger partial charge on any atom is -0.412 e. The smallest absolute Gasteiger partial charge is 0.269 e. The lowest BCUT2D eigenvalue weighted by molar-refractivity contribution is -0.384. The Morgan fingerprint density at radius 3 is 1.82 bits per heavy atom. The third-order valence-corrected chi connectivity index (χ3v) is 9.86. The van der Waals surface area contributed by atoms with Crippen LogP contribution in [0.3, 0.4) is 0 Å². The highest BCUT2D eigenvalue weighted by atomic mass is 35.5. The van der Waals surface area contributed by atoms with E-state index in [0.717, 1.165) is 71.0 Å². The Hall–Kier alpha value is -1.79. The molecular formula is C27H47ClN4O6S. The fraction of sp³-hybridized carbons (Fsp3) is 0.741. The second-order valence-electron chi connectivity index (χ2n) is 10.4. The Kier molecular flexibility index (Phi) is 15.5. The first-order valence-electron chi connectivity index (χ1n) is 14.1. The van der Waals surface area contributed by atoms with Gasteiger partial charge in [-0.25, -0.2) is 8.42 Å². The van der Waals surface area contributed by atoms with Gasteiger partial charge in [-0.1, -0.05) is 52.4 Å². The number of amides is 1. The zero-order chi connectivity index (χ0) is 26.8. The van der Waals surface area contributed by atoms with E-state index in [1.807, 2.05) is 0 Å². The second kappa shape index (κ2) is 17.1. The number of nitro benzene ring substituents is 1. The molecule has 0 unspecified atom stereocenters. The standard InChI is InChI=1S/C27H44N4O5S.ClH.H2O/c1-3-28(4-2)20-11-21-29(37(35,36)26-18-16-25(17-19-26)31(33)34)22-27(32)30(23-12-7-5-8-13-23)24-14-9-6-10-15-24;;/h16-19,23-24H,3-15,20-22H2,1-2H3;1H;1H2. The number of benzene rings is 1. The summed E-state index contributed by atoms with van der Waals surface area (Å²) in [5.41, 5.74) is -0.163. The highest BCUT2D eigenvalue weighted by molar-refractivity contribution is 7.89. The summed E-state index contributed by atoms with van der Waals surface area (Å²) in [6.07, 6.45) is 11.4. The van der Waals surface area contributed by atoms with Gasteiger partial charge >= 0.3 is 0 Å². The van der Waals surface area contributed by atoms with E-state index in [2.05, 4.69) is 23.6 Å². The predicted octanol–water partition coefficient (Wildman–Crippen LogP) is 4.41. The van der Waals surface area contributed by atoms with Crippen LogP contribution in [0.15, 0.2) is 29.2 Å². The molecule has 1 aromatic rings. The van der Waals surface area contributed by atoms with Crippen LogP contribution in [0.1, 0.15) is 84.5 Å². The highest BCUT2D eigenvalue weighted by Gasteiger charge is 2.35. The normalized spacial score (nSPS) is 16.9. The van der Waals surface area contributed by atoms with Crippen molar-refractivity contribution in [3.63, 3.8) is 0 Å². The van der Waals surface area contributed by atoms with Crippen molar-refractivity contribution in [1.29, 1.82) is 0 Å². The summed E-state index contributed by atoms with van der Waals surface area (Å²) < 4.78 is 28.7. The zero-order valence-corrected chi connectivity index (χ0v) is 25.1. The van der Waals surface area contributed by atoms with Crippen molar-refractivity contribution in [3.8, 4) is 0 Å². The molecular weight excluding hydrogens is 544 g/mol. The number of nitro groups is 1. The van der Waals surface area contributed by atoms with E-state index >= 15 is 0 Å². The number of carbonyl (C=O) groups is 1. The van der Waals surface area contributed by atoms with Crippen LogP contribution in [0.2, 0.25) is 0 Å². The van der Waals surface area contributed by atoms with Gasteiger partial charge in [0, 0.05) is 30.8 Å². The van der Waals surface area contributed by atoms with E-state index in [-0.39, 0.29) is 59.5 Å². The molecule has 0 aromatic heterocycles. The molecule has 10 nitrogen and oxygen atoms in total. The summed E-state index contributed by atoms with van der Waals surface area (Å²) in [7, 11) is -4.00. The SMILES string of the molecule is CCN(CC)CCCN(CC(=O)N(C1CCCCC1)C1CCCCC1)S(=O)(=O)c1ccc([N+](=O)[O-])cc1.Cl.O. The highest BCUT2D eigenvalue weighted by Crippen LogP contribution is 2.31. The van der Waals surface area contributed by atoms with Crippen molar-refractivity contribution in [3.05, 3.63) is 34.4 Å². The van der Waals surface area contributed by atoms with Gasteiger partial charge in [0.15, 0.2) is 0 Å². The fourth-order valence-corrected chi connectivity index (χ4v) is 7.27. The average molecular weight is 591 g/mol. The number of rotatable bonds is 13. The van der Waals surface area contributed by atoms with Crippen LogP contribution in [0.5, 0.6) is 0 Å². The zero-order valence-electron chi connectivity index (χ0n) is 23.4. The number of carbonyl (C=O) groups excluding carboxylic acids is 1. The molecule has 1 amide bonds. The van der Waals surface area contributed by atoms with Crippen LogP contribution >= 0.6 is 12.4 Å². The van der Waals surface area contributed by atoms with Crippen molar-refractivity contribution in [2.24, 2.45) is 0 Å². The number of hydrogen-bond acceptors (Lipinski definition) is 6. The molecule has 0 heterocycles. The van der Waals surface area contributed by atoms with Crippen LogP contribution in [-0.4, -0.2) is 83.6 Å². The summed E-state index contributed by atoms with van der Waals surface area (Å²) in [6.45, 7) is 6.68. The average Bonchev–Trinajstić information content (AvgIpc) is 2.92. The van der Waals surface area contributed by atoms with Crippen molar-refractivity contribution in [2.75, 3.05) is 32.7 Å². The molecule has 0 saturated heterocycles. The van der Waals surface area contributed by atoms with Gasteiger partial charge in [-0.3, -0.25) is 14.9 Å². The van der Waals surface area contributed by atoms with Gasteiger partial charge < -0.3 is 15.3 Å². The molecule has 2 N–H and O–H groups in total. The quantitative estimate of drug-likeness (QED) is 0.247. The first-order chi connectivity index (χ1) is 17.8. The first-order valence-corrected chi connectivity index (χ1v) is 15.5. The molecule has 12 heteroatoms. The maximum Gasteiger partial charge on any atom is 0.269 e. The number of nitrogens with zero attached hydrogens (tertiary/aromatic N) is 4. The predicted molar refractivity (Wildman–Crippen MR) is 156 cm³/mol. The Morgan fingerprint density at radius 2 is 1.38 bits per heavy atom. The molecule has 2 fully saturated rings. The lowest BCUT2D eigenvalue weighted by Gasteiger charge is -2.42. The number of sulfonamides is 1. The number of hydrogen-bond donors (Lipinski definition) is 0. The van der Waals surface area contributed by atoms with Crippen molar-refractivity contribution in [1.82, 2.24) is 14.1 Å². The third kappa shape index (κ3) is 9.67. The minimum atomic E-state index is -4.00. The number of non-ortho nitro benzene ring substituents is 1. The summed E-state index contributed by atoms with van der Waals surface area (Å²) >= 11 is 0. The van der Waals surface area contributed by atoms with Gasteiger partial charge in [-0.15, -0.1) is 12.4 Å². The Balaban J connectivity index is 0.00000380. The van der Waals surface area contributed by atoms with Gasteiger partial charge in [-0.2, -0.15) is 4.31 Å². The van der Waals surface area contributed by atoms with Gasteiger partial charge in [0.05, 0.1) is 16.4 Å². The molecule has 2 aliphatic carbocycles. The van der Waals surface area contributed by atoms with E-state index in [1.165, 1.54) is 41.4 Å². The summed E-state index contributed by atoms with van der Waals surface area (Å²) in [5, 5.41) is 11.1. The third-order valence-electron chi connectivity index (χ3n) is 8.00. The summed E-state index contributed by atoms with van der Waals surface area (Å²) in [4.78, 5) is 28.7. The maximum atomic E-state index is 13.9. The molecule has 2 saturated carbocycles. The van der Waals surface area contributed by atoms with E-state index in [9.17, 15) is 23.3 Å². The molecule has 2 aliphatic rings. The van der Waals surface area contributed by atoms with Gasteiger partial charge in [0.25, 0.3) is 5.69 Å². The first kappa shape index (κ1) is 35.2.